The van der Waals surface area contributed by atoms with Gasteiger partial charge in [0, 0.05) is 32.7 Å². The number of carbonyl (C=O) groups excluding carboxylic acids is 1. The van der Waals surface area contributed by atoms with Crippen molar-refractivity contribution in [3.8, 4) is 0 Å². The maximum Gasteiger partial charge on any atom is 0.229 e. The SMILES string of the molecule is CCCN1CCN(C(=O)C2(C)CCNC2)CC1. The van der Waals surface area contributed by atoms with Gasteiger partial charge in [-0.15, -0.1) is 0 Å². The fourth-order valence-electron chi connectivity index (χ4n) is 2.87. The molecule has 0 aliphatic carbocycles. The molecule has 0 aromatic rings. The number of hydrogen-bond donors (Lipinski definition) is 1. The molecule has 1 unspecified atom stereocenters. The molecule has 0 saturated carbocycles. The van der Waals surface area contributed by atoms with E-state index in [-0.39, 0.29) is 5.41 Å². The summed E-state index contributed by atoms with van der Waals surface area (Å²) in [7, 11) is 0. The third-order valence-corrected chi connectivity index (χ3v) is 4.08. The van der Waals surface area contributed by atoms with Gasteiger partial charge in [0.1, 0.15) is 0 Å². The molecule has 2 heterocycles. The molecule has 2 fully saturated rings. The number of amides is 1. The number of carbonyl (C=O) groups is 1. The van der Waals surface area contributed by atoms with Crippen LogP contribution in [0.15, 0.2) is 0 Å². The molecular formula is C13H25N3O. The van der Waals surface area contributed by atoms with E-state index in [1.807, 2.05) is 0 Å². The van der Waals surface area contributed by atoms with E-state index in [0.29, 0.717) is 5.91 Å². The topological polar surface area (TPSA) is 35.6 Å². The molecule has 1 atom stereocenters. The lowest BCUT2D eigenvalue weighted by atomic mass is 9.88. The molecule has 0 spiro atoms. The van der Waals surface area contributed by atoms with Gasteiger partial charge in [0.05, 0.1) is 5.41 Å². The van der Waals surface area contributed by atoms with Crippen LogP contribution in [-0.4, -0.2) is 61.5 Å². The summed E-state index contributed by atoms with van der Waals surface area (Å²) in [5.74, 6) is 0.360. The highest BCUT2D eigenvalue weighted by molar-refractivity contribution is 5.83. The number of rotatable bonds is 3. The van der Waals surface area contributed by atoms with Crippen molar-refractivity contribution >= 4 is 5.91 Å². The fourth-order valence-corrected chi connectivity index (χ4v) is 2.87. The molecule has 2 aliphatic heterocycles. The molecule has 0 bridgehead atoms. The molecule has 4 heteroatoms. The van der Waals surface area contributed by atoms with Crippen LogP contribution in [0.4, 0.5) is 0 Å². The molecule has 4 nitrogen and oxygen atoms in total. The summed E-state index contributed by atoms with van der Waals surface area (Å²) in [6.45, 7) is 11.2. The third kappa shape index (κ3) is 2.80. The highest BCUT2D eigenvalue weighted by atomic mass is 16.2. The van der Waals surface area contributed by atoms with Crippen LogP contribution in [0.1, 0.15) is 26.7 Å². The molecule has 0 radical (unpaired) electrons. The van der Waals surface area contributed by atoms with Crippen LogP contribution >= 0.6 is 0 Å². The van der Waals surface area contributed by atoms with Crippen LogP contribution in [0.25, 0.3) is 0 Å². The van der Waals surface area contributed by atoms with E-state index in [1.54, 1.807) is 0 Å². The molecule has 2 saturated heterocycles. The quantitative estimate of drug-likeness (QED) is 0.781. The van der Waals surface area contributed by atoms with Crippen LogP contribution in [0.3, 0.4) is 0 Å². The minimum atomic E-state index is -0.146. The number of hydrogen-bond acceptors (Lipinski definition) is 3. The summed E-state index contributed by atoms with van der Waals surface area (Å²) in [6, 6.07) is 0. The second-order valence-corrected chi connectivity index (χ2v) is 5.62. The monoisotopic (exact) mass is 239 g/mol. The zero-order valence-electron chi connectivity index (χ0n) is 11.2. The normalized spacial score (nSPS) is 30.8. The summed E-state index contributed by atoms with van der Waals surface area (Å²) >= 11 is 0. The van der Waals surface area contributed by atoms with Crippen LogP contribution < -0.4 is 5.32 Å². The highest BCUT2D eigenvalue weighted by Gasteiger charge is 2.39. The van der Waals surface area contributed by atoms with Crippen LogP contribution in [0, 0.1) is 5.41 Å². The van der Waals surface area contributed by atoms with Crippen molar-refractivity contribution in [2.24, 2.45) is 5.41 Å². The molecule has 98 valence electrons. The lowest BCUT2D eigenvalue weighted by molar-refractivity contribution is -0.142. The Bertz CT molecular complexity index is 266. The van der Waals surface area contributed by atoms with Gasteiger partial charge in [-0.1, -0.05) is 6.92 Å². The zero-order chi connectivity index (χ0) is 12.3. The smallest absolute Gasteiger partial charge is 0.229 e. The van der Waals surface area contributed by atoms with Crippen molar-refractivity contribution in [3.63, 3.8) is 0 Å². The molecule has 2 rings (SSSR count). The van der Waals surface area contributed by atoms with E-state index in [4.69, 9.17) is 0 Å². The first kappa shape index (κ1) is 12.8. The summed E-state index contributed by atoms with van der Waals surface area (Å²) in [5.41, 5.74) is -0.146. The van der Waals surface area contributed by atoms with Gasteiger partial charge < -0.3 is 10.2 Å². The molecular weight excluding hydrogens is 214 g/mol. The average Bonchev–Trinajstić information content (AvgIpc) is 2.78. The van der Waals surface area contributed by atoms with Crippen molar-refractivity contribution in [1.82, 2.24) is 15.1 Å². The van der Waals surface area contributed by atoms with Gasteiger partial charge >= 0.3 is 0 Å². The van der Waals surface area contributed by atoms with E-state index in [1.165, 1.54) is 13.0 Å². The average molecular weight is 239 g/mol. The Balaban J connectivity index is 1.86. The highest BCUT2D eigenvalue weighted by Crippen LogP contribution is 2.27. The van der Waals surface area contributed by atoms with Crippen molar-refractivity contribution < 1.29 is 4.79 Å². The van der Waals surface area contributed by atoms with Gasteiger partial charge in [0.15, 0.2) is 0 Å². The Morgan fingerprint density at radius 3 is 2.53 bits per heavy atom. The summed E-state index contributed by atoms with van der Waals surface area (Å²) in [4.78, 5) is 17.0. The van der Waals surface area contributed by atoms with Gasteiger partial charge in [-0.05, 0) is 32.9 Å². The third-order valence-electron chi connectivity index (χ3n) is 4.08. The van der Waals surface area contributed by atoms with Gasteiger partial charge in [0.25, 0.3) is 0 Å². The minimum absolute atomic E-state index is 0.146. The van der Waals surface area contributed by atoms with Crippen LogP contribution in [-0.2, 0) is 4.79 Å². The van der Waals surface area contributed by atoms with E-state index in [9.17, 15) is 4.79 Å². The number of nitrogens with zero attached hydrogens (tertiary/aromatic N) is 2. The molecule has 2 aliphatic rings. The van der Waals surface area contributed by atoms with Crippen LogP contribution in [0.2, 0.25) is 0 Å². The zero-order valence-corrected chi connectivity index (χ0v) is 11.2. The van der Waals surface area contributed by atoms with Crippen molar-refractivity contribution in [2.45, 2.75) is 26.7 Å². The molecule has 1 amide bonds. The van der Waals surface area contributed by atoms with E-state index in [2.05, 4.69) is 29.0 Å². The van der Waals surface area contributed by atoms with Gasteiger partial charge in [-0.2, -0.15) is 0 Å². The summed E-state index contributed by atoms with van der Waals surface area (Å²) < 4.78 is 0. The van der Waals surface area contributed by atoms with E-state index in [0.717, 1.165) is 45.7 Å². The first-order valence-corrected chi connectivity index (χ1v) is 6.88. The minimum Gasteiger partial charge on any atom is -0.340 e. The Morgan fingerprint density at radius 1 is 1.29 bits per heavy atom. The second kappa shape index (κ2) is 5.36. The van der Waals surface area contributed by atoms with E-state index < -0.39 is 0 Å². The standard InChI is InChI=1S/C13H25N3O/c1-3-6-15-7-9-16(10-8-15)12(17)13(2)4-5-14-11-13/h14H,3-11H2,1-2H3. The molecule has 0 aromatic heterocycles. The van der Waals surface area contributed by atoms with Crippen molar-refractivity contribution in [2.75, 3.05) is 45.8 Å². The predicted octanol–water partition coefficient (Wildman–Crippen LogP) is 0.540. The first-order chi connectivity index (χ1) is 8.15. The lowest BCUT2D eigenvalue weighted by Gasteiger charge is -2.38. The fraction of sp³-hybridized carbons (Fsp3) is 0.923. The van der Waals surface area contributed by atoms with Gasteiger partial charge in [-0.25, -0.2) is 0 Å². The van der Waals surface area contributed by atoms with Gasteiger partial charge in [0.2, 0.25) is 5.91 Å². The lowest BCUT2D eigenvalue weighted by Crippen LogP contribution is -2.53. The summed E-state index contributed by atoms with van der Waals surface area (Å²) in [5, 5.41) is 3.30. The predicted molar refractivity (Wildman–Crippen MR) is 68.9 cm³/mol. The maximum absolute atomic E-state index is 12.5. The Morgan fingerprint density at radius 2 is 2.00 bits per heavy atom. The number of nitrogens with one attached hydrogen (secondary N) is 1. The molecule has 17 heavy (non-hydrogen) atoms. The molecule has 1 N–H and O–H groups in total. The first-order valence-electron chi connectivity index (χ1n) is 6.88. The molecule has 0 aromatic carbocycles. The van der Waals surface area contributed by atoms with Crippen LogP contribution in [0.5, 0.6) is 0 Å². The second-order valence-electron chi connectivity index (χ2n) is 5.62. The largest absolute Gasteiger partial charge is 0.340 e. The van der Waals surface area contributed by atoms with Crippen molar-refractivity contribution in [3.05, 3.63) is 0 Å². The van der Waals surface area contributed by atoms with Crippen molar-refractivity contribution in [1.29, 1.82) is 0 Å². The number of piperazine rings is 1. The Labute approximate surface area is 104 Å². The Hall–Kier alpha value is -0.610. The van der Waals surface area contributed by atoms with E-state index >= 15 is 0 Å². The maximum atomic E-state index is 12.5. The summed E-state index contributed by atoms with van der Waals surface area (Å²) in [6.07, 6.45) is 2.19. The Kier molecular flexibility index (Phi) is 4.05. The van der Waals surface area contributed by atoms with Gasteiger partial charge in [-0.3, -0.25) is 9.69 Å².